The molecular formula is C16H28N2O2. The van der Waals surface area contributed by atoms with Crippen molar-refractivity contribution in [2.45, 2.75) is 27.3 Å². The molecule has 0 radical (unpaired) electrons. The molecule has 0 heterocycles. The standard InChI is InChI=1S/C16H28N2O2/c1-5-17-13-14-9-8-10-15(19-4)16(14)20-12-11-18(6-2)7-3/h8-10,17H,5-7,11-13H2,1-4H3. The van der Waals surface area contributed by atoms with Crippen LogP contribution in [-0.2, 0) is 6.54 Å². The number of nitrogens with zero attached hydrogens (tertiary/aromatic N) is 1. The van der Waals surface area contributed by atoms with Crippen LogP contribution in [0.15, 0.2) is 18.2 Å². The van der Waals surface area contributed by atoms with Crippen molar-refractivity contribution in [2.24, 2.45) is 0 Å². The van der Waals surface area contributed by atoms with Gasteiger partial charge < -0.3 is 19.7 Å². The predicted octanol–water partition coefficient (Wildman–Crippen LogP) is 2.53. The van der Waals surface area contributed by atoms with Gasteiger partial charge in [-0.15, -0.1) is 0 Å². The molecule has 114 valence electrons. The molecule has 1 N–H and O–H groups in total. The monoisotopic (exact) mass is 280 g/mol. The van der Waals surface area contributed by atoms with Gasteiger partial charge in [0, 0.05) is 18.7 Å². The molecule has 4 nitrogen and oxygen atoms in total. The highest BCUT2D eigenvalue weighted by molar-refractivity contribution is 5.46. The van der Waals surface area contributed by atoms with Crippen LogP contribution in [0, 0.1) is 0 Å². The summed E-state index contributed by atoms with van der Waals surface area (Å²) >= 11 is 0. The Morgan fingerprint density at radius 2 is 1.90 bits per heavy atom. The van der Waals surface area contributed by atoms with Crippen molar-refractivity contribution < 1.29 is 9.47 Å². The zero-order valence-electron chi connectivity index (χ0n) is 13.2. The highest BCUT2D eigenvalue weighted by Gasteiger charge is 2.10. The summed E-state index contributed by atoms with van der Waals surface area (Å²) in [5.41, 5.74) is 1.14. The first-order valence-corrected chi connectivity index (χ1v) is 7.48. The van der Waals surface area contributed by atoms with Gasteiger partial charge in [0.2, 0.25) is 0 Å². The van der Waals surface area contributed by atoms with Crippen molar-refractivity contribution in [3.63, 3.8) is 0 Å². The predicted molar refractivity (Wildman–Crippen MR) is 83.7 cm³/mol. The van der Waals surface area contributed by atoms with Crippen molar-refractivity contribution >= 4 is 0 Å². The second kappa shape index (κ2) is 9.61. The van der Waals surface area contributed by atoms with Gasteiger partial charge in [-0.25, -0.2) is 0 Å². The Morgan fingerprint density at radius 1 is 1.15 bits per heavy atom. The van der Waals surface area contributed by atoms with Crippen molar-refractivity contribution in [1.82, 2.24) is 10.2 Å². The molecule has 0 fully saturated rings. The third kappa shape index (κ3) is 5.02. The molecule has 4 heteroatoms. The summed E-state index contributed by atoms with van der Waals surface area (Å²) in [6.45, 7) is 11.9. The quantitative estimate of drug-likeness (QED) is 0.714. The van der Waals surface area contributed by atoms with Gasteiger partial charge in [-0.3, -0.25) is 0 Å². The highest BCUT2D eigenvalue weighted by atomic mass is 16.5. The average molecular weight is 280 g/mol. The summed E-state index contributed by atoms with van der Waals surface area (Å²) in [6, 6.07) is 6.03. The summed E-state index contributed by atoms with van der Waals surface area (Å²) in [4.78, 5) is 2.35. The summed E-state index contributed by atoms with van der Waals surface area (Å²) < 4.78 is 11.4. The summed E-state index contributed by atoms with van der Waals surface area (Å²) in [5, 5.41) is 3.33. The normalized spacial score (nSPS) is 10.8. The summed E-state index contributed by atoms with van der Waals surface area (Å²) in [6.07, 6.45) is 0. The number of rotatable bonds is 10. The molecule has 1 aromatic rings. The van der Waals surface area contributed by atoms with Crippen LogP contribution in [0.2, 0.25) is 0 Å². The Labute approximate surface area is 123 Å². The third-order valence-corrected chi connectivity index (χ3v) is 3.39. The van der Waals surface area contributed by atoms with E-state index in [0.29, 0.717) is 6.61 Å². The van der Waals surface area contributed by atoms with Crippen LogP contribution in [0.4, 0.5) is 0 Å². The van der Waals surface area contributed by atoms with E-state index in [2.05, 4.69) is 37.1 Å². The maximum Gasteiger partial charge on any atom is 0.165 e. The molecule has 0 unspecified atom stereocenters. The zero-order chi connectivity index (χ0) is 14.8. The Morgan fingerprint density at radius 3 is 2.50 bits per heavy atom. The van der Waals surface area contributed by atoms with E-state index in [1.165, 1.54) is 0 Å². The molecule has 0 atom stereocenters. The van der Waals surface area contributed by atoms with Gasteiger partial charge in [0.15, 0.2) is 11.5 Å². The molecule has 0 aromatic heterocycles. The number of nitrogens with one attached hydrogen (secondary N) is 1. The average Bonchev–Trinajstić information content (AvgIpc) is 2.50. The minimum Gasteiger partial charge on any atom is -0.493 e. The van der Waals surface area contributed by atoms with Crippen LogP contribution in [-0.4, -0.2) is 44.8 Å². The van der Waals surface area contributed by atoms with Gasteiger partial charge in [-0.2, -0.15) is 0 Å². The van der Waals surface area contributed by atoms with E-state index in [4.69, 9.17) is 9.47 Å². The molecule has 1 aromatic carbocycles. The van der Waals surface area contributed by atoms with Gasteiger partial charge in [-0.05, 0) is 25.7 Å². The number of ether oxygens (including phenoxy) is 2. The summed E-state index contributed by atoms with van der Waals surface area (Å²) in [5.74, 6) is 1.67. The van der Waals surface area contributed by atoms with Crippen LogP contribution in [0.25, 0.3) is 0 Å². The van der Waals surface area contributed by atoms with Crippen LogP contribution in [0.5, 0.6) is 11.5 Å². The van der Waals surface area contributed by atoms with E-state index >= 15 is 0 Å². The topological polar surface area (TPSA) is 33.7 Å². The Balaban J connectivity index is 2.69. The van der Waals surface area contributed by atoms with Gasteiger partial charge in [0.05, 0.1) is 7.11 Å². The van der Waals surface area contributed by atoms with E-state index in [1.807, 2.05) is 12.1 Å². The van der Waals surface area contributed by atoms with Crippen LogP contribution in [0.3, 0.4) is 0 Å². The molecule has 1 rings (SSSR count). The lowest BCUT2D eigenvalue weighted by molar-refractivity contribution is 0.215. The lowest BCUT2D eigenvalue weighted by Crippen LogP contribution is -2.28. The number of methoxy groups -OCH3 is 1. The fraction of sp³-hybridized carbons (Fsp3) is 0.625. The molecule has 20 heavy (non-hydrogen) atoms. The first-order chi connectivity index (χ1) is 9.76. The van der Waals surface area contributed by atoms with E-state index in [-0.39, 0.29) is 0 Å². The molecule has 0 aliphatic rings. The Bertz CT molecular complexity index is 379. The Hall–Kier alpha value is -1.26. The van der Waals surface area contributed by atoms with Crippen LogP contribution in [0.1, 0.15) is 26.3 Å². The minimum atomic E-state index is 0.682. The number of hydrogen-bond acceptors (Lipinski definition) is 4. The molecule has 0 aliphatic carbocycles. The molecule has 0 bridgehead atoms. The highest BCUT2D eigenvalue weighted by Crippen LogP contribution is 2.31. The van der Waals surface area contributed by atoms with E-state index in [9.17, 15) is 0 Å². The second-order valence-corrected chi connectivity index (χ2v) is 4.60. The van der Waals surface area contributed by atoms with Crippen molar-refractivity contribution in [1.29, 1.82) is 0 Å². The first kappa shape index (κ1) is 16.8. The number of benzene rings is 1. The van der Waals surface area contributed by atoms with E-state index < -0.39 is 0 Å². The minimum absolute atomic E-state index is 0.682. The lowest BCUT2D eigenvalue weighted by atomic mass is 10.2. The zero-order valence-corrected chi connectivity index (χ0v) is 13.2. The summed E-state index contributed by atoms with van der Waals surface area (Å²) in [7, 11) is 1.68. The van der Waals surface area contributed by atoms with Gasteiger partial charge in [0.1, 0.15) is 6.61 Å². The molecule has 0 saturated carbocycles. The fourth-order valence-corrected chi connectivity index (χ4v) is 2.10. The first-order valence-electron chi connectivity index (χ1n) is 7.48. The largest absolute Gasteiger partial charge is 0.493 e. The fourth-order valence-electron chi connectivity index (χ4n) is 2.10. The number of para-hydroxylation sites is 1. The maximum absolute atomic E-state index is 5.98. The smallest absolute Gasteiger partial charge is 0.165 e. The maximum atomic E-state index is 5.98. The number of hydrogen-bond donors (Lipinski definition) is 1. The third-order valence-electron chi connectivity index (χ3n) is 3.39. The molecule has 0 aliphatic heterocycles. The van der Waals surface area contributed by atoms with Crippen molar-refractivity contribution in [3.05, 3.63) is 23.8 Å². The molecular weight excluding hydrogens is 252 g/mol. The SMILES string of the molecule is CCNCc1cccc(OC)c1OCCN(CC)CC. The van der Waals surface area contributed by atoms with Crippen LogP contribution < -0.4 is 14.8 Å². The van der Waals surface area contributed by atoms with Gasteiger partial charge >= 0.3 is 0 Å². The van der Waals surface area contributed by atoms with Gasteiger partial charge in [-0.1, -0.05) is 32.9 Å². The van der Waals surface area contributed by atoms with E-state index in [1.54, 1.807) is 7.11 Å². The lowest BCUT2D eigenvalue weighted by Gasteiger charge is -2.20. The van der Waals surface area contributed by atoms with E-state index in [0.717, 1.165) is 49.8 Å². The van der Waals surface area contributed by atoms with Crippen LogP contribution >= 0.6 is 0 Å². The molecule has 0 saturated heterocycles. The van der Waals surface area contributed by atoms with Crippen molar-refractivity contribution in [2.75, 3.05) is 39.9 Å². The molecule has 0 amide bonds. The molecule has 0 spiro atoms. The Kier molecular flexibility index (Phi) is 8.07. The second-order valence-electron chi connectivity index (χ2n) is 4.60. The number of likely N-dealkylation sites (N-methyl/N-ethyl adjacent to an activating group) is 1. The van der Waals surface area contributed by atoms with Gasteiger partial charge in [0.25, 0.3) is 0 Å². The van der Waals surface area contributed by atoms with Crippen molar-refractivity contribution in [3.8, 4) is 11.5 Å².